The monoisotopic (exact) mass is 476 g/mol. The van der Waals surface area contributed by atoms with E-state index < -0.39 is 0 Å². The van der Waals surface area contributed by atoms with Gasteiger partial charge in [-0.15, -0.1) is 0 Å². The summed E-state index contributed by atoms with van der Waals surface area (Å²) in [5.74, 6) is 1.41. The molecule has 1 aliphatic carbocycles. The molecule has 172 valence electrons. The molecule has 32 heavy (non-hydrogen) atoms. The van der Waals surface area contributed by atoms with Crippen molar-refractivity contribution in [1.29, 1.82) is 0 Å². The van der Waals surface area contributed by atoms with Crippen LogP contribution in [-0.2, 0) is 4.74 Å². The maximum Gasteiger partial charge on any atom is 0.128 e. The van der Waals surface area contributed by atoms with E-state index in [1.54, 1.807) is 12.4 Å². The molecule has 4 unspecified atom stereocenters. The molecule has 0 radical (unpaired) electrons. The van der Waals surface area contributed by atoms with Crippen LogP contribution in [0.25, 0.3) is 0 Å². The van der Waals surface area contributed by atoms with Gasteiger partial charge >= 0.3 is 0 Å². The van der Waals surface area contributed by atoms with Crippen LogP contribution in [0.5, 0.6) is 0 Å². The predicted octanol–water partition coefficient (Wildman–Crippen LogP) is 3.78. The zero-order valence-electron chi connectivity index (χ0n) is 18.4. The van der Waals surface area contributed by atoms with Crippen LogP contribution in [0.1, 0.15) is 56.4 Å². The molecule has 2 aromatic heterocycles. The third kappa shape index (κ3) is 4.34. The molecule has 7 nitrogen and oxygen atoms in total. The minimum absolute atomic E-state index is 0.108. The highest BCUT2D eigenvalue weighted by atomic mass is 35.5. The number of fused-ring (bicyclic) bond motifs is 1. The van der Waals surface area contributed by atoms with Crippen molar-refractivity contribution in [2.75, 3.05) is 18.0 Å². The first-order valence-corrected chi connectivity index (χ1v) is 12.0. The van der Waals surface area contributed by atoms with Crippen molar-refractivity contribution in [1.82, 2.24) is 20.8 Å². The Morgan fingerprint density at radius 2 is 1.91 bits per heavy atom. The maximum atomic E-state index is 6.44. The molecule has 1 saturated carbocycles. The maximum absolute atomic E-state index is 6.44. The molecular formula is C23H30Cl2N6O. The molecule has 2 aromatic rings. The number of ether oxygens (including phenoxy) is 1. The third-order valence-corrected chi connectivity index (χ3v) is 7.56. The van der Waals surface area contributed by atoms with Gasteiger partial charge < -0.3 is 15.4 Å². The van der Waals surface area contributed by atoms with Crippen molar-refractivity contribution in [3.05, 3.63) is 51.9 Å². The fourth-order valence-corrected chi connectivity index (χ4v) is 6.07. The molecule has 3 fully saturated rings. The molecule has 2 saturated heterocycles. The number of anilines is 1. The van der Waals surface area contributed by atoms with Gasteiger partial charge in [-0.3, -0.25) is 10.4 Å². The van der Waals surface area contributed by atoms with E-state index in [1.165, 1.54) is 5.56 Å². The summed E-state index contributed by atoms with van der Waals surface area (Å²) < 4.78 is 6.44. The Labute approximate surface area is 199 Å². The largest absolute Gasteiger partial charge is 0.370 e. The van der Waals surface area contributed by atoms with Gasteiger partial charge in [0.05, 0.1) is 28.3 Å². The quantitative estimate of drug-likeness (QED) is 0.604. The zero-order valence-corrected chi connectivity index (χ0v) is 19.9. The molecule has 3 aliphatic rings. The van der Waals surface area contributed by atoms with Crippen LogP contribution in [0.15, 0.2) is 30.7 Å². The number of pyridine rings is 2. The average molecular weight is 477 g/mol. The summed E-state index contributed by atoms with van der Waals surface area (Å²) in [4.78, 5) is 11.0. The second-order valence-corrected chi connectivity index (χ2v) is 10.5. The standard InChI is InChI=1S/C23H30Cl2N6O/c1-13(21-17(24)9-27-10-18(21)25)32-15-4-5-19-16(7-15)22(30-29-19)14-3-6-20(28-8-14)31-11-23(2,26)12-31/h3,6,8-10,13,15-16,19,22,29-30H,4-5,7,11-12,26H2,1-2H3/t13-,15?,16?,19?,22?/m1/s1. The van der Waals surface area contributed by atoms with E-state index in [1.807, 2.05) is 13.1 Å². The summed E-state index contributed by atoms with van der Waals surface area (Å²) in [6, 6.07) is 4.91. The van der Waals surface area contributed by atoms with E-state index in [-0.39, 0.29) is 23.8 Å². The number of hydrogen-bond donors (Lipinski definition) is 3. The van der Waals surface area contributed by atoms with E-state index in [4.69, 9.17) is 38.7 Å². The van der Waals surface area contributed by atoms with Crippen LogP contribution in [0, 0.1) is 5.92 Å². The number of rotatable bonds is 5. The number of aromatic nitrogens is 2. The van der Waals surface area contributed by atoms with Crippen molar-refractivity contribution < 1.29 is 4.74 Å². The van der Waals surface area contributed by atoms with Crippen molar-refractivity contribution >= 4 is 29.0 Å². The lowest BCUT2D eigenvalue weighted by Crippen LogP contribution is -2.65. The first-order valence-electron chi connectivity index (χ1n) is 11.3. The molecule has 5 atom stereocenters. The molecule has 0 aromatic carbocycles. The number of nitrogens with zero attached hydrogens (tertiary/aromatic N) is 3. The van der Waals surface area contributed by atoms with E-state index in [2.05, 4.69) is 39.8 Å². The van der Waals surface area contributed by atoms with E-state index in [9.17, 15) is 0 Å². The van der Waals surface area contributed by atoms with Gasteiger partial charge in [0.2, 0.25) is 0 Å². The lowest BCUT2D eigenvalue weighted by molar-refractivity contribution is -0.0370. The van der Waals surface area contributed by atoms with Crippen LogP contribution in [0.4, 0.5) is 5.82 Å². The molecule has 0 amide bonds. The van der Waals surface area contributed by atoms with Crippen LogP contribution in [-0.4, -0.2) is 40.7 Å². The summed E-state index contributed by atoms with van der Waals surface area (Å²) in [7, 11) is 0. The van der Waals surface area contributed by atoms with Crippen LogP contribution in [0.3, 0.4) is 0 Å². The molecule has 9 heteroatoms. The summed E-state index contributed by atoms with van der Waals surface area (Å²) >= 11 is 12.7. The topological polar surface area (TPSA) is 88.3 Å². The van der Waals surface area contributed by atoms with Gasteiger partial charge in [-0.1, -0.05) is 29.3 Å². The highest BCUT2D eigenvalue weighted by Gasteiger charge is 2.42. The SMILES string of the molecule is C[C@@H](OC1CCC2NNC(c3ccc(N4CC(C)(N)C4)nc3)C2C1)c1c(Cl)cncc1Cl. The van der Waals surface area contributed by atoms with Gasteiger partial charge in [0.1, 0.15) is 5.82 Å². The summed E-state index contributed by atoms with van der Waals surface area (Å²) in [5, 5.41) is 1.09. The second-order valence-electron chi connectivity index (χ2n) is 9.73. The van der Waals surface area contributed by atoms with Gasteiger partial charge in [-0.05, 0) is 50.7 Å². The first kappa shape index (κ1) is 22.3. The highest BCUT2D eigenvalue weighted by Crippen LogP contribution is 2.41. The molecular weight excluding hydrogens is 447 g/mol. The van der Waals surface area contributed by atoms with E-state index in [0.29, 0.717) is 22.0 Å². The van der Waals surface area contributed by atoms with Crippen LogP contribution >= 0.6 is 23.2 Å². The van der Waals surface area contributed by atoms with Crippen molar-refractivity contribution in [2.24, 2.45) is 11.7 Å². The van der Waals surface area contributed by atoms with Crippen molar-refractivity contribution in [3.8, 4) is 0 Å². The number of halogens is 2. The third-order valence-electron chi connectivity index (χ3n) is 6.96. The van der Waals surface area contributed by atoms with Gasteiger partial charge in [0.25, 0.3) is 0 Å². The lowest BCUT2D eigenvalue weighted by atomic mass is 9.78. The highest BCUT2D eigenvalue weighted by molar-refractivity contribution is 6.35. The fourth-order valence-electron chi connectivity index (χ4n) is 5.39. The minimum Gasteiger partial charge on any atom is -0.370 e. The molecule has 5 rings (SSSR count). The zero-order chi connectivity index (χ0) is 22.5. The van der Waals surface area contributed by atoms with Crippen molar-refractivity contribution in [2.45, 2.75) is 62.9 Å². The van der Waals surface area contributed by atoms with Crippen molar-refractivity contribution in [3.63, 3.8) is 0 Å². The Balaban J connectivity index is 1.25. The van der Waals surface area contributed by atoms with E-state index in [0.717, 1.165) is 43.7 Å². The molecule has 0 bridgehead atoms. The minimum atomic E-state index is -0.189. The number of nitrogens with two attached hydrogens (primary N) is 1. The molecule has 4 N–H and O–H groups in total. The van der Waals surface area contributed by atoms with E-state index >= 15 is 0 Å². The second kappa shape index (κ2) is 8.70. The van der Waals surface area contributed by atoms with Crippen LogP contribution in [0.2, 0.25) is 10.0 Å². The fraction of sp³-hybridized carbons (Fsp3) is 0.565. The van der Waals surface area contributed by atoms with Gasteiger partial charge in [0, 0.05) is 48.8 Å². The number of hydrazine groups is 1. The number of nitrogens with one attached hydrogen (secondary N) is 2. The summed E-state index contributed by atoms with van der Waals surface area (Å²) in [5.41, 5.74) is 15.0. The van der Waals surface area contributed by atoms with Gasteiger partial charge in [-0.2, -0.15) is 0 Å². The Morgan fingerprint density at radius 3 is 2.56 bits per heavy atom. The molecule has 4 heterocycles. The number of hydrogen-bond acceptors (Lipinski definition) is 7. The summed E-state index contributed by atoms with van der Waals surface area (Å²) in [6.07, 6.45) is 8.19. The average Bonchev–Trinajstić information content (AvgIpc) is 3.15. The Kier molecular flexibility index (Phi) is 6.07. The molecule has 2 aliphatic heterocycles. The van der Waals surface area contributed by atoms with Gasteiger partial charge in [-0.25, -0.2) is 10.4 Å². The normalized spacial score (nSPS) is 30.0. The Morgan fingerprint density at radius 1 is 1.16 bits per heavy atom. The Bertz CT molecular complexity index is 943. The lowest BCUT2D eigenvalue weighted by Gasteiger charge is -2.46. The molecule has 0 spiro atoms. The van der Waals surface area contributed by atoms with Gasteiger partial charge in [0.15, 0.2) is 0 Å². The first-order chi connectivity index (χ1) is 15.3. The smallest absolute Gasteiger partial charge is 0.128 e. The predicted molar refractivity (Wildman–Crippen MR) is 127 cm³/mol. The Hall–Kier alpha value is -1.48. The summed E-state index contributed by atoms with van der Waals surface area (Å²) in [6.45, 7) is 5.77. The van der Waals surface area contributed by atoms with Crippen LogP contribution < -0.4 is 21.5 Å².